The van der Waals surface area contributed by atoms with Gasteiger partial charge in [0.2, 0.25) is 0 Å². The maximum Gasteiger partial charge on any atom is 0.306 e. The maximum atomic E-state index is 11.3. The van der Waals surface area contributed by atoms with E-state index in [-0.39, 0.29) is 12.8 Å². The van der Waals surface area contributed by atoms with Gasteiger partial charge >= 0.3 is 11.9 Å². The predicted molar refractivity (Wildman–Crippen MR) is 73.6 cm³/mol. The number of hydrogen-bond donors (Lipinski definition) is 2. The minimum atomic E-state index is -1.49. The molecule has 0 rings (SSSR count). The van der Waals surface area contributed by atoms with Crippen LogP contribution in [-0.2, 0) is 28.7 Å². The number of ketones is 2. The average molecular weight is 314 g/mol. The summed E-state index contributed by atoms with van der Waals surface area (Å²) in [4.78, 5) is 44.4. The standard InChI is InChI=1S/C14H18O8/c1-3-9(15)11(17)7-21-13(19)5-6-14(20)22-8-12(18)10(16)4-2/h3-4,11-12,17-18H,1-2,5-8H2. The van der Waals surface area contributed by atoms with E-state index in [9.17, 15) is 29.4 Å². The molecule has 0 aromatic carbocycles. The van der Waals surface area contributed by atoms with Gasteiger partial charge in [-0.15, -0.1) is 0 Å². The number of aliphatic hydroxyl groups excluding tert-OH is 2. The van der Waals surface area contributed by atoms with E-state index in [0.717, 1.165) is 12.2 Å². The summed E-state index contributed by atoms with van der Waals surface area (Å²) in [5.74, 6) is -2.99. The highest BCUT2D eigenvalue weighted by Gasteiger charge is 2.17. The molecule has 0 aromatic heterocycles. The quantitative estimate of drug-likeness (QED) is 0.370. The van der Waals surface area contributed by atoms with Gasteiger partial charge in [0.25, 0.3) is 0 Å². The minimum Gasteiger partial charge on any atom is -0.462 e. The van der Waals surface area contributed by atoms with Crippen molar-refractivity contribution >= 4 is 23.5 Å². The summed E-state index contributed by atoms with van der Waals surface area (Å²) in [6.07, 6.45) is -1.86. The third-order valence-electron chi connectivity index (χ3n) is 2.40. The first-order valence-corrected chi connectivity index (χ1v) is 6.31. The number of esters is 2. The molecule has 0 radical (unpaired) electrons. The first-order valence-electron chi connectivity index (χ1n) is 6.31. The molecule has 122 valence electrons. The van der Waals surface area contributed by atoms with Gasteiger partial charge in [0.05, 0.1) is 12.8 Å². The smallest absolute Gasteiger partial charge is 0.306 e. The first kappa shape index (κ1) is 19.7. The number of aliphatic hydroxyl groups is 2. The lowest BCUT2D eigenvalue weighted by Gasteiger charge is -2.09. The van der Waals surface area contributed by atoms with Crippen molar-refractivity contribution in [2.75, 3.05) is 13.2 Å². The van der Waals surface area contributed by atoms with Crippen molar-refractivity contribution in [1.29, 1.82) is 0 Å². The van der Waals surface area contributed by atoms with Crippen LogP contribution in [0, 0.1) is 0 Å². The van der Waals surface area contributed by atoms with Crippen LogP contribution < -0.4 is 0 Å². The van der Waals surface area contributed by atoms with Crippen molar-refractivity contribution in [2.45, 2.75) is 25.0 Å². The van der Waals surface area contributed by atoms with Crippen molar-refractivity contribution in [1.82, 2.24) is 0 Å². The second-order valence-corrected chi connectivity index (χ2v) is 4.11. The number of carbonyl (C=O) groups is 4. The second-order valence-electron chi connectivity index (χ2n) is 4.11. The normalized spacial score (nSPS) is 12.6. The molecule has 0 fully saturated rings. The molecule has 0 bridgehead atoms. The highest BCUT2D eigenvalue weighted by atomic mass is 16.5. The molecule has 0 saturated heterocycles. The highest BCUT2D eigenvalue weighted by Crippen LogP contribution is 1.99. The Morgan fingerprint density at radius 2 is 1.14 bits per heavy atom. The largest absolute Gasteiger partial charge is 0.462 e. The number of ether oxygens (including phenoxy) is 2. The zero-order chi connectivity index (χ0) is 17.1. The average Bonchev–Trinajstić information content (AvgIpc) is 2.53. The van der Waals surface area contributed by atoms with E-state index >= 15 is 0 Å². The molecular weight excluding hydrogens is 296 g/mol. The minimum absolute atomic E-state index is 0.334. The van der Waals surface area contributed by atoms with Crippen molar-refractivity contribution in [3.63, 3.8) is 0 Å². The Hall–Kier alpha value is -2.32. The summed E-state index contributed by atoms with van der Waals surface area (Å²) in [5.41, 5.74) is 0. The number of hydrogen-bond acceptors (Lipinski definition) is 8. The zero-order valence-electron chi connectivity index (χ0n) is 11.9. The van der Waals surface area contributed by atoms with Crippen LogP contribution in [0.3, 0.4) is 0 Å². The van der Waals surface area contributed by atoms with Crippen LogP contribution in [0.5, 0.6) is 0 Å². The molecule has 0 saturated carbocycles. The Labute approximate surface area is 127 Å². The Balaban J connectivity index is 3.93. The van der Waals surface area contributed by atoms with Crippen LogP contribution in [0.1, 0.15) is 12.8 Å². The Kier molecular flexibility index (Phi) is 9.31. The molecule has 0 aliphatic carbocycles. The fourth-order valence-electron chi connectivity index (χ4n) is 1.13. The van der Waals surface area contributed by atoms with Crippen LogP contribution in [0.4, 0.5) is 0 Å². The maximum absolute atomic E-state index is 11.3. The lowest BCUT2D eigenvalue weighted by molar-refractivity contribution is -0.154. The lowest BCUT2D eigenvalue weighted by Crippen LogP contribution is -2.27. The number of carbonyl (C=O) groups excluding carboxylic acids is 4. The van der Waals surface area contributed by atoms with Crippen LogP contribution in [0.25, 0.3) is 0 Å². The van der Waals surface area contributed by atoms with Crippen LogP contribution in [0.15, 0.2) is 25.3 Å². The van der Waals surface area contributed by atoms with Gasteiger partial charge in [0.1, 0.15) is 13.2 Å². The van der Waals surface area contributed by atoms with Gasteiger partial charge in [-0.25, -0.2) is 0 Å². The van der Waals surface area contributed by atoms with Crippen molar-refractivity contribution in [2.24, 2.45) is 0 Å². The summed E-state index contributed by atoms with van der Waals surface area (Å²) in [6, 6.07) is 0. The molecule has 8 heteroatoms. The molecule has 22 heavy (non-hydrogen) atoms. The summed E-state index contributed by atoms with van der Waals surface area (Å²) >= 11 is 0. The fraction of sp³-hybridized carbons (Fsp3) is 0.429. The van der Waals surface area contributed by atoms with Crippen LogP contribution in [-0.4, -0.2) is 59.1 Å². The number of rotatable bonds is 11. The van der Waals surface area contributed by atoms with Gasteiger partial charge in [-0.3, -0.25) is 19.2 Å². The predicted octanol–water partition coefficient (Wildman–Crippen LogP) is -0.915. The van der Waals surface area contributed by atoms with Gasteiger partial charge in [0.15, 0.2) is 23.8 Å². The summed E-state index contributed by atoms with van der Waals surface area (Å²) in [6.45, 7) is 5.25. The fourth-order valence-corrected chi connectivity index (χ4v) is 1.13. The van der Waals surface area contributed by atoms with Crippen LogP contribution in [0.2, 0.25) is 0 Å². The molecule has 0 aliphatic rings. The van der Waals surface area contributed by atoms with Gasteiger partial charge in [-0.2, -0.15) is 0 Å². The van der Waals surface area contributed by atoms with Crippen molar-refractivity contribution in [3.8, 4) is 0 Å². The monoisotopic (exact) mass is 314 g/mol. The molecule has 0 aliphatic heterocycles. The van der Waals surface area contributed by atoms with E-state index in [1.54, 1.807) is 0 Å². The van der Waals surface area contributed by atoms with E-state index in [1.165, 1.54) is 0 Å². The molecular formula is C14H18O8. The van der Waals surface area contributed by atoms with Crippen LogP contribution >= 0.6 is 0 Å². The molecule has 0 amide bonds. The highest BCUT2D eigenvalue weighted by molar-refractivity contribution is 5.93. The molecule has 2 N–H and O–H groups in total. The van der Waals surface area contributed by atoms with Gasteiger partial charge in [-0.1, -0.05) is 13.2 Å². The molecule has 2 atom stereocenters. The summed E-state index contributed by atoms with van der Waals surface area (Å²) in [5, 5.41) is 18.4. The molecule has 0 spiro atoms. The Morgan fingerprint density at radius 1 is 0.818 bits per heavy atom. The summed E-state index contributed by atoms with van der Waals surface area (Å²) < 4.78 is 9.15. The molecule has 0 heterocycles. The lowest BCUT2D eigenvalue weighted by atomic mass is 10.2. The third-order valence-corrected chi connectivity index (χ3v) is 2.40. The van der Waals surface area contributed by atoms with Gasteiger partial charge < -0.3 is 19.7 Å². The van der Waals surface area contributed by atoms with Gasteiger partial charge in [0, 0.05) is 0 Å². The van der Waals surface area contributed by atoms with E-state index in [1.807, 2.05) is 0 Å². The third kappa shape index (κ3) is 8.08. The van der Waals surface area contributed by atoms with Gasteiger partial charge in [-0.05, 0) is 12.2 Å². The Bertz CT molecular complexity index is 412. The van der Waals surface area contributed by atoms with E-state index in [4.69, 9.17) is 0 Å². The second kappa shape index (κ2) is 10.4. The van der Waals surface area contributed by atoms with E-state index in [2.05, 4.69) is 22.6 Å². The molecule has 2 unspecified atom stereocenters. The van der Waals surface area contributed by atoms with Crippen molar-refractivity contribution in [3.05, 3.63) is 25.3 Å². The zero-order valence-corrected chi connectivity index (χ0v) is 11.9. The topological polar surface area (TPSA) is 127 Å². The van der Waals surface area contributed by atoms with E-state index in [0.29, 0.717) is 0 Å². The Morgan fingerprint density at radius 3 is 1.41 bits per heavy atom. The SMILES string of the molecule is C=CC(=O)C(O)COC(=O)CCC(=O)OCC(O)C(=O)C=C. The first-order chi connectivity index (χ1) is 10.3. The summed E-state index contributed by atoms with van der Waals surface area (Å²) in [7, 11) is 0. The van der Waals surface area contributed by atoms with E-state index < -0.39 is 48.9 Å². The molecule has 0 aromatic rings. The molecule has 8 nitrogen and oxygen atoms in total. The van der Waals surface area contributed by atoms with Crippen molar-refractivity contribution < 1.29 is 38.9 Å².